The molecular weight excluding hydrogens is 340 g/mol. The molecule has 2 aromatic rings. The van der Waals surface area contributed by atoms with Crippen LogP contribution in [-0.4, -0.2) is 44.7 Å². The Hall–Kier alpha value is -2.31. The van der Waals surface area contributed by atoms with Gasteiger partial charge in [-0.15, -0.1) is 0 Å². The van der Waals surface area contributed by atoms with Gasteiger partial charge >= 0.3 is 0 Å². The third kappa shape index (κ3) is 8.28. The average Bonchev–Trinajstić information content (AvgIpc) is 3.16. The fraction of sp³-hybridized carbons (Fsp3) is 0.476. The monoisotopic (exact) mass is 372 g/mol. The lowest BCUT2D eigenvalue weighted by molar-refractivity contribution is 0.105. The number of aliphatic imine (C=N–C) groups is 1. The van der Waals surface area contributed by atoms with Gasteiger partial charge in [0.25, 0.3) is 0 Å². The molecule has 0 bridgehead atoms. The van der Waals surface area contributed by atoms with Crippen molar-refractivity contribution in [3.05, 3.63) is 59.5 Å². The van der Waals surface area contributed by atoms with Gasteiger partial charge in [-0.05, 0) is 50.7 Å². The molecule has 0 aliphatic rings. The Morgan fingerprint density at radius 2 is 1.93 bits per heavy atom. The lowest BCUT2D eigenvalue weighted by Gasteiger charge is -2.14. The summed E-state index contributed by atoms with van der Waals surface area (Å²) in [7, 11) is 4.17. The van der Waals surface area contributed by atoms with Crippen LogP contribution in [0.4, 0.5) is 0 Å². The zero-order valence-corrected chi connectivity index (χ0v) is 16.7. The van der Waals surface area contributed by atoms with Crippen LogP contribution in [0.5, 0.6) is 0 Å². The molecule has 0 saturated carbocycles. The summed E-state index contributed by atoms with van der Waals surface area (Å²) in [4.78, 5) is 6.91. The Balaban J connectivity index is 1.76. The van der Waals surface area contributed by atoms with Gasteiger partial charge in [-0.2, -0.15) is 0 Å². The highest BCUT2D eigenvalue weighted by molar-refractivity contribution is 5.79. The summed E-state index contributed by atoms with van der Waals surface area (Å²) in [5.74, 6) is 1.69. The van der Waals surface area contributed by atoms with E-state index in [2.05, 4.69) is 60.8 Å². The molecule has 0 aliphatic heterocycles. The number of hydrogen-bond acceptors (Lipinski definition) is 4. The van der Waals surface area contributed by atoms with Crippen LogP contribution in [0.2, 0.25) is 0 Å². The fourth-order valence-corrected chi connectivity index (χ4v) is 2.66. The van der Waals surface area contributed by atoms with Gasteiger partial charge in [0.15, 0.2) is 5.96 Å². The van der Waals surface area contributed by atoms with Crippen molar-refractivity contribution in [3.63, 3.8) is 0 Å². The molecule has 0 amide bonds. The number of furan rings is 1. The third-order valence-corrected chi connectivity index (χ3v) is 3.94. The van der Waals surface area contributed by atoms with E-state index in [0.29, 0.717) is 19.8 Å². The van der Waals surface area contributed by atoms with E-state index in [1.54, 1.807) is 6.26 Å². The molecule has 27 heavy (non-hydrogen) atoms. The maximum atomic E-state index is 5.60. The first-order chi connectivity index (χ1) is 13.2. The Morgan fingerprint density at radius 1 is 1.11 bits per heavy atom. The highest BCUT2D eigenvalue weighted by Crippen LogP contribution is 2.11. The van der Waals surface area contributed by atoms with Crippen molar-refractivity contribution in [1.82, 2.24) is 15.5 Å². The van der Waals surface area contributed by atoms with Crippen LogP contribution in [0.15, 0.2) is 52.1 Å². The van der Waals surface area contributed by atoms with E-state index in [1.165, 1.54) is 11.1 Å². The number of rotatable bonds is 11. The number of ether oxygens (including phenoxy) is 1. The molecule has 0 fully saturated rings. The molecule has 0 saturated heterocycles. The summed E-state index contributed by atoms with van der Waals surface area (Å²) in [5, 5.41) is 6.67. The molecule has 1 aromatic heterocycles. The number of guanidine groups is 1. The first-order valence-corrected chi connectivity index (χ1v) is 9.53. The fourth-order valence-electron chi connectivity index (χ4n) is 2.66. The van der Waals surface area contributed by atoms with E-state index < -0.39 is 0 Å². The molecule has 0 unspecified atom stereocenters. The van der Waals surface area contributed by atoms with Gasteiger partial charge in [-0.1, -0.05) is 24.3 Å². The second kappa shape index (κ2) is 12.1. The molecule has 0 atom stereocenters. The van der Waals surface area contributed by atoms with Crippen LogP contribution >= 0.6 is 0 Å². The largest absolute Gasteiger partial charge is 0.467 e. The van der Waals surface area contributed by atoms with Gasteiger partial charge < -0.3 is 24.7 Å². The highest BCUT2D eigenvalue weighted by Gasteiger charge is 2.04. The number of nitrogens with one attached hydrogen (secondary N) is 2. The summed E-state index contributed by atoms with van der Waals surface area (Å²) in [6.45, 7) is 6.49. The standard InChI is InChI=1S/C21H32N4O2/c1-4-22-21(23-12-8-13-26-17-20-11-7-14-27-20)24-15-18-9-5-6-10-19(18)16-25(2)3/h5-7,9-11,14H,4,8,12-13,15-17H2,1-3H3,(H2,22,23,24). The van der Waals surface area contributed by atoms with Crippen molar-refractivity contribution in [1.29, 1.82) is 0 Å². The van der Waals surface area contributed by atoms with E-state index in [0.717, 1.165) is 37.8 Å². The first kappa shape index (κ1) is 21.0. The first-order valence-electron chi connectivity index (χ1n) is 9.53. The molecule has 148 valence electrons. The van der Waals surface area contributed by atoms with E-state index in [-0.39, 0.29) is 0 Å². The van der Waals surface area contributed by atoms with Gasteiger partial charge in [-0.25, -0.2) is 4.99 Å². The van der Waals surface area contributed by atoms with E-state index in [9.17, 15) is 0 Å². The Labute approximate surface area is 162 Å². The summed E-state index contributed by atoms with van der Waals surface area (Å²) < 4.78 is 10.8. The van der Waals surface area contributed by atoms with Crippen molar-refractivity contribution >= 4 is 5.96 Å². The van der Waals surface area contributed by atoms with Crippen molar-refractivity contribution in [2.75, 3.05) is 33.8 Å². The second-order valence-corrected chi connectivity index (χ2v) is 6.61. The summed E-state index contributed by atoms with van der Waals surface area (Å²) >= 11 is 0. The summed E-state index contributed by atoms with van der Waals surface area (Å²) in [5.41, 5.74) is 2.57. The maximum Gasteiger partial charge on any atom is 0.191 e. The third-order valence-electron chi connectivity index (χ3n) is 3.94. The van der Waals surface area contributed by atoms with Crippen molar-refractivity contribution in [2.24, 2.45) is 4.99 Å². The molecule has 2 rings (SSSR count). The van der Waals surface area contributed by atoms with Gasteiger partial charge in [-0.3, -0.25) is 0 Å². The van der Waals surface area contributed by atoms with Crippen LogP contribution in [-0.2, 0) is 24.4 Å². The smallest absolute Gasteiger partial charge is 0.191 e. The SMILES string of the molecule is CCNC(=NCc1ccccc1CN(C)C)NCCCOCc1ccco1. The minimum absolute atomic E-state index is 0.518. The molecule has 1 aromatic carbocycles. The van der Waals surface area contributed by atoms with Crippen molar-refractivity contribution < 1.29 is 9.15 Å². The minimum atomic E-state index is 0.518. The molecule has 6 nitrogen and oxygen atoms in total. The zero-order chi connectivity index (χ0) is 19.3. The summed E-state index contributed by atoms with van der Waals surface area (Å²) in [6.07, 6.45) is 2.57. The Bertz CT molecular complexity index is 669. The van der Waals surface area contributed by atoms with Gasteiger partial charge in [0.1, 0.15) is 12.4 Å². The van der Waals surface area contributed by atoms with Gasteiger partial charge in [0, 0.05) is 26.2 Å². The maximum absolute atomic E-state index is 5.60. The van der Waals surface area contributed by atoms with Crippen LogP contribution in [0, 0.1) is 0 Å². The lowest BCUT2D eigenvalue weighted by Crippen LogP contribution is -2.38. The normalized spacial score (nSPS) is 11.8. The van der Waals surface area contributed by atoms with Crippen molar-refractivity contribution in [2.45, 2.75) is 33.0 Å². The molecule has 0 spiro atoms. The molecule has 6 heteroatoms. The summed E-state index contributed by atoms with van der Waals surface area (Å²) in [6, 6.07) is 12.3. The van der Waals surface area contributed by atoms with Crippen molar-refractivity contribution in [3.8, 4) is 0 Å². The topological polar surface area (TPSA) is 62.0 Å². The van der Waals surface area contributed by atoms with Crippen LogP contribution in [0.1, 0.15) is 30.2 Å². The van der Waals surface area contributed by atoms with E-state index in [1.807, 2.05) is 12.1 Å². The zero-order valence-electron chi connectivity index (χ0n) is 16.7. The number of nitrogens with zero attached hydrogens (tertiary/aromatic N) is 2. The van der Waals surface area contributed by atoms with E-state index in [4.69, 9.17) is 14.1 Å². The van der Waals surface area contributed by atoms with Crippen LogP contribution in [0.3, 0.4) is 0 Å². The second-order valence-electron chi connectivity index (χ2n) is 6.61. The number of benzene rings is 1. The molecule has 0 radical (unpaired) electrons. The quantitative estimate of drug-likeness (QED) is 0.361. The Morgan fingerprint density at radius 3 is 2.63 bits per heavy atom. The minimum Gasteiger partial charge on any atom is -0.467 e. The average molecular weight is 373 g/mol. The Kier molecular flexibility index (Phi) is 9.44. The molecule has 2 N–H and O–H groups in total. The molecule has 1 heterocycles. The van der Waals surface area contributed by atoms with E-state index >= 15 is 0 Å². The van der Waals surface area contributed by atoms with Crippen LogP contribution in [0.25, 0.3) is 0 Å². The predicted molar refractivity (Wildman–Crippen MR) is 110 cm³/mol. The molecule has 0 aliphatic carbocycles. The number of hydrogen-bond donors (Lipinski definition) is 2. The molecular formula is C21H32N4O2. The predicted octanol–water partition coefficient (Wildman–Crippen LogP) is 3.00. The van der Waals surface area contributed by atoms with Crippen LogP contribution < -0.4 is 10.6 Å². The van der Waals surface area contributed by atoms with Gasteiger partial charge in [0.2, 0.25) is 0 Å². The highest BCUT2D eigenvalue weighted by atomic mass is 16.5. The van der Waals surface area contributed by atoms with Gasteiger partial charge in [0.05, 0.1) is 12.8 Å². The lowest BCUT2D eigenvalue weighted by atomic mass is 10.1.